The van der Waals surface area contributed by atoms with Crippen LogP contribution in [0.3, 0.4) is 0 Å². The lowest BCUT2D eigenvalue weighted by Gasteiger charge is -2.42. The first-order chi connectivity index (χ1) is 30.7. The van der Waals surface area contributed by atoms with Crippen molar-refractivity contribution in [2.75, 3.05) is 65.9 Å². The first kappa shape index (κ1) is 42.9. The normalized spacial score (nSPS) is 19.3. The number of fused-ring (bicyclic) bond motifs is 2. The lowest BCUT2D eigenvalue weighted by molar-refractivity contribution is -0.150. The molecule has 17 heteroatoms. The van der Waals surface area contributed by atoms with E-state index in [1.54, 1.807) is 34.3 Å². The van der Waals surface area contributed by atoms with Gasteiger partial charge >= 0.3 is 6.09 Å². The van der Waals surface area contributed by atoms with Crippen LogP contribution < -0.4 is 30.1 Å². The van der Waals surface area contributed by atoms with E-state index in [4.69, 9.17) is 19.2 Å². The number of imide groups is 1. The van der Waals surface area contributed by atoms with Gasteiger partial charge in [-0.3, -0.25) is 24.6 Å². The predicted octanol–water partition coefficient (Wildman–Crippen LogP) is 5.72. The molecule has 336 valence electrons. The van der Waals surface area contributed by atoms with E-state index in [0.29, 0.717) is 87.4 Å². The summed E-state index contributed by atoms with van der Waals surface area (Å²) in [5.74, 6) is -0.659. The zero-order chi connectivity index (χ0) is 44.7. The molecule has 4 amide bonds. The van der Waals surface area contributed by atoms with Crippen LogP contribution in [-0.2, 0) is 43.2 Å². The van der Waals surface area contributed by atoms with Crippen LogP contribution >= 0.6 is 0 Å². The van der Waals surface area contributed by atoms with Crippen molar-refractivity contribution in [3.05, 3.63) is 88.6 Å². The molecule has 0 aliphatic carbocycles. The van der Waals surface area contributed by atoms with E-state index >= 15 is 4.39 Å². The molecule has 1 unspecified atom stereocenters. The van der Waals surface area contributed by atoms with Crippen molar-refractivity contribution in [2.45, 2.75) is 96.5 Å². The molecule has 0 spiro atoms. The third-order valence-electron chi connectivity index (χ3n) is 12.5. The second kappa shape index (κ2) is 17.7. The molecule has 2 aromatic heterocycles. The monoisotopic (exact) mass is 875 g/mol. The van der Waals surface area contributed by atoms with Gasteiger partial charge in [0.2, 0.25) is 29.5 Å². The number of rotatable bonds is 9. The van der Waals surface area contributed by atoms with Gasteiger partial charge < -0.3 is 34.2 Å². The highest BCUT2D eigenvalue weighted by Crippen LogP contribution is 2.40. The Balaban J connectivity index is 0.742. The largest absolute Gasteiger partial charge is 0.474 e. The van der Waals surface area contributed by atoms with Crippen LogP contribution in [0.4, 0.5) is 37.9 Å². The van der Waals surface area contributed by atoms with Crippen LogP contribution in [0.15, 0.2) is 54.9 Å². The molecule has 0 radical (unpaired) electrons. The maximum absolute atomic E-state index is 15.4. The number of benzene rings is 2. The van der Waals surface area contributed by atoms with Crippen molar-refractivity contribution >= 4 is 52.5 Å². The SMILES string of the molecule is Cc1c(N2CCc3cnc(Nc4ccc(CC(=O)N5CC(OC6CCN(c7ccc(C8CCC(=O)NC8=O)cc7)CC6)C5)c(F)c4)nc3C2)cnc2c1N(C(=O)OC(C)(C)C)CCO2. The van der Waals surface area contributed by atoms with Gasteiger partial charge in [-0.2, -0.15) is 0 Å². The Bertz CT molecular complexity index is 2450. The van der Waals surface area contributed by atoms with E-state index in [0.717, 1.165) is 59.7 Å². The van der Waals surface area contributed by atoms with Gasteiger partial charge in [0.05, 0.1) is 55.2 Å². The van der Waals surface area contributed by atoms with Crippen molar-refractivity contribution in [3.63, 3.8) is 0 Å². The fraction of sp³-hybridized carbons (Fsp3) is 0.468. The van der Waals surface area contributed by atoms with Crippen LogP contribution in [0.25, 0.3) is 0 Å². The first-order valence-electron chi connectivity index (χ1n) is 22.1. The summed E-state index contributed by atoms with van der Waals surface area (Å²) in [6.07, 6.45) is 6.43. The van der Waals surface area contributed by atoms with Gasteiger partial charge in [0.25, 0.3) is 0 Å². The van der Waals surface area contributed by atoms with Gasteiger partial charge in [-0.15, -0.1) is 0 Å². The molecule has 7 heterocycles. The van der Waals surface area contributed by atoms with Crippen LogP contribution in [-0.4, -0.2) is 107 Å². The summed E-state index contributed by atoms with van der Waals surface area (Å²) in [5.41, 5.74) is 6.28. The molecule has 5 aliphatic heterocycles. The number of hydrogen-bond donors (Lipinski definition) is 2. The molecule has 5 aliphatic rings. The molecule has 3 fully saturated rings. The quantitative estimate of drug-likeness (QED) is 0.196. The highest BCUT2D eigenvalue weighted by molar-refractivity contribution is 6.01. The highest BCUT2D eigenvalue weighted by atomic mass is 19.1. The van der Waals surface area contributed by atoms with Crippen molar-refractivity contribution in [3.8, 4) is 5.88 Å². The summed E-state index contributed by atoms with van der Waals surface area (Å²) in [6.45, 7) is 11.9. The number of hydrogen-bond acceptors (Lipinski definition) is 13. The average molecular weight is 876 g/mol. The Hall–Kier alpha value is -6.36. The summed E-state index contributed by atoms with van der Waals surface area (Å²) in [4.78, 5) is 71.8. The zero-order valence-electron chi connectivity index (χ0n) is 36.7. The number of pyridine rings is 1. The van der Waals surface area contributed by atoms with Crippen LogP contribution in [0.1, 0.15) is 80.3 Å². The van der Waals surface area contributed by atoms with E-state index in [2.05, 4.69) is 30.4 Å². The van der Waals surface area contributed by atoms with Crippen molar-refractivity contribution in [1.82, 2.24) is 25.2 Å². The van der Waals surface area contributed by atoms with Gasteiger partial charge in [-0.05, 0) is 94.3 Å². The van der Waals surface area contributed by atoms with Crippen molar-refractivity contribution in [1.29, 1.82) is 0 Å². The van der Waals surface area contributed by atoms with Crippen molar-refractivity contribution < 1.29 is 37.8 Å². The molecule has 1 atom stereocenters. The smallest absolute Gasteiger partial charge is 0.415 e. The topological polar surface area (TPSA) is 172 Å². The summed E-state index contributed by atoms with van der Waals surface area (Å²) in [7, 11) is 0. The molecule has 2 aromatic carbocycles. The number of anilines is 5. The number of amides is 4. The summed E-state index contributed by atoms with van der Waals surface area (Å²) in [6, 6.07) is 12.7. The second-order valence-electron chi connectivity index (χ2n) is 18.2. The van der Waals surface area contributed by atoms with E-state index in [-0.39, 0.29) is 42.3 Å². The summed E-state index contributed by atoms with van der Waals surface area (Å²) < 4.78 is 33.3. The van der Waals surface area contributed by atoms with Gasteiger partial charge in [0, 0.05) is 62.3 Å². The molecular formula is C47H54FN9O7. The number of ether oxygens (including phenoxy) is 3. The summed E-state index contributed by atoms with van der Waals surface area (Å²) >= 11 is 0. The number of likely N-dealkylation sites (tertiary alicyclic amines) is 1. The molecular weight excluding hydrogens is 822 g/mol. The Kier molecular flexibility index (Phi) is 11.8. The Labute approximate surface area is 371 Å². The number of piperidine rings is 2. The minimum atomic E-state index is -0.651. The van der Waals surface area contributed by atoms with Crippen LogP contribution in [0.2, 0.25) is 0 Å². The molecule has 9 rings (SSSR count). The molecule has 4 aromatic rings. The molecule has 0 bridgehead atoms. The lowest BCUT2D eigenvalue weighted by Crippen LogP contribution is -2.56. The number of carbonyl (C=O) groups excluding carboxylic acids is 4. The minimum absolute atomic E-state index is 0.0452. The standard InChI is InChI=1S/C47H54FN9O7/c1-28-39(24-49-44-42(28)57(19-20-62-44)46(61)64-47(2,3)4)55-16-13-31-23-50-45(52-38(31)27-55)51-32-8-5-30(37(48)22-32)21-41(59)56-25-35(26-56)63-34-14-17-54(18-15-34)33-9-6-29(7-10-33)36-11-12-40(58)53-43(36)60/h5-10,22-24,34-36H,11-21,25-27H2,1-4H3,(H,50,51,52)(H,53,58,60). The minimum Gasteiger partial charge on any atom is -0.474 e. The van der Waals surface area contributed by atoms with E-state index < -0.39 is 17.5 Å². The predicted molar refractivity (Wildman–Crippen MR) is 236 cm³/mol. The van der Waals surface area contributed by atoms with Crippen molar-refractivity contribution in [2.24, 2.45) is 0 Å². The first-order valence-corrected chi connectivity index (χ1v) is 22.1. The maximum Gasteiger partial charge on any atom is 0.415 e. The Morgan fingerprint density at radius 1 is 0.938 bits per heavy atom. The molecule has 64 heavy (non-hydrogen) atoms. The zero-order valence-corrected chi connectivity index (χ0v) is 36.7. The molecule has 3 saturated heterocycles. The fourth-order valence-electron chi connectivity index (χ4n) is 9.07. The highest BCUT2D eigenvalue weighted by Gasteiger charge is 2.36. The van der Waals surface area contributed by atoms with Gasteiger partial charge in [-0.25, -0.2) is 24.1 Å². The van der Waals surface area contributed by atoms with E-state index in [1.807, 2.05) is 52.0 Å². The van der Waals surface area contributed by atoms with Gasteiger partial charge in [0.1, 0.15) is 23.7 Å². The lowest BCUT2D eigenvalue weighted by atomic mass is 9.90. The van der Waals surface area contributed by atoms with E-state index in [9.17, 15) is 19.2 Å². The van der Waals surface area contributed by atoms with Gasteiger partial charge in [0.15, 0.2) is 0 Å². The van der Waals surface area contributed by atoms with Crippen LogP contribution in [0.5, 0.6) is 5.88 Å². The fourth-order valence-corrected chi connectivity index (χ4v) is 9.07. The molecule has 0 saturated carbocycles. The second-order valence-corrected chi connectivity index (χ2v) is 18.2. The maximum atomic E-state index is 15.4. The Morgan fingerprint density at radius 2 is 1.72 bits per heavy atom. The third-order valence-corrected chi connectivity index (χ3v) is 12.5. The number of carbonyl (C=O) groups is 4. The van der Waals surface area contributed by atoms with Crippen LogP contribution in [0, 0.1) is 12.7 Å². The van der Waals surface area contributed by atoms with Gasteiger partial charge in [-0.1, -0.05) is 18.2 Å². The number of halogens is 1. The average Bonchev–Trinajstić information content (AvgIpc) is 3.25. The molecule has 16 nitrogen and oxygen atoms in total. The van der Waals surface area contributed by atoms with E-state index in [1.165, 1.54) is 6.07 Å². The number of nitrogens with one attached hydrogen (secondary N) is 2. The number of aromatic nitrogens is 3. The Morgan fingerprint density at radius 3 is 2.45 bits per heavy atom. The summed E-state index contributed by atoms with van der Waals surface area (Å²) in [5, 5.41) is 5.56. The third kappa shape index (κ3) is 9.30. The molecule has 2 N–H and O–H groups in total. The number of nitrogens with zero attached hydrogens (tertiary/aromatic N) is 7.